The van der Waals surface area contributed by atoms with Crippen LogP contribution in [-0.2, 0) is 23.1 Å². The number of sulfonamides is 1. The Labute approximate surface area is 128 Å². The molecule has 1 aromatic carbocycles. The van der Waals surface area contributed by atoms with Gasteiger partial charge in [-0.05, 0) is 37.2 Å². The molecule has 114 valence electrons. The average Bonchev–Trinajstić information content (AvgIpc) is 2.94. The van der Waals surface area contributed by atoms with Gasteiger partial charge in [-0.3, -0.25) is 0 Å². The van der Waals surface area contributed by atoms with E-state index in [2.05, 4.69) is 15.2 Å². The minimum atomic E-state index is -3.68. The molecule has 0 radical (unpaired) electrons. The summed E-state index contributed by atoms with van der Waals surface area (Å²) in [6.07, 6.45) is 1.46. The Hall–Kier alpha value is -1.41. The smallest absolute Gasteiger partial charge is 0.241 e. The predicted octanol–water partition coefficient (Wildman–Crippen LogP) is 1.83. The second kappa shape index (κ2) is 6.57. The van der Waals surface area contributed by atoms with Crippen LogP contribution in [0.4, 0.5) is 0 Å². The van der Waals surface area contributed by atoms with Crippen molar-refractivity contribution >= 4 is 21.6 Å². The third-order valence-electron chi connectivity index (χ3n) is 3.02. The van der Waals surface area contributed by atoms with Crippen LogP contribution < -0.4 is 10.0 Å². The molecular formula is C13H16ClN3O3S. The van der Waals surface area contributed by atoms with Gasteiger partial charge in [-0.2, -0.15) is 0 Å². The van der Waals surface area contributed by atoms with E-state index >= 15 is 0 Å². The first-order chi connectivity index (χ1) is 9.94. The number of hydrogen-bond acceptors (Lipinski definition) is 5. The van der Waals surface area contributed by atoms with Crippen molar-refractivity contribution in [1.82, 2.24) is 15.2 Å². The summed E-state index contributed by atoms with van der Waals surface area (Å²) in [5, 5.41) is 6.89. The quantitative estimate of drug-likeness (QED) is 0.844. The Morgan fingerprint density at radius 3 is 2.71 bits per heavy atom. The first-order valence-corrected chi connectivity index (χ1v) is 8.13. The number of halogens is 1. The minimum Gasteiger partial charge on any atom is -0.360 e. The molecule has 0 saturated heterocycles. The van der Waals surface area contributed by atoms with Crippen molar-refractivity contribution in [2.75, 3.05) is 7.05 Å². The molecule has 2 N–H and O–H groups in total. The molecule has 0 fully saturated rings. The van der Waals surface area contributed by atoms with Gasteiger partial charge in [-0.1, -0.05) is 16.8 Å². The third-order valence-corrected chi connectivity index (χ3v) is 4.76. The zero-order valence-corrected chi connectivity index (χ0v) is 13.3. The van der Waals surface area contributed by atoms with Crippen LogP contribution >= 0.6 is 11.6 Å². The number of benzene rings is 1. The summed E-state index contributed by atoms with van der Waals surface area (Å²) < 4.78 is 32.2. The fraction of sp³-hybridized carbons (Fsp3) is 0.308. The van der Waals surface area contributed by atoms with Crippen LogP contribution in [-0.4, -0.2) is 20.6 Å². The van der Waals surface area contributed by atoms with E-state index in [9.17, 15) is 8.42 Å². The molecule has 0 amide bonds. The van der Waals surface area contributed by atoms with E-state index in [4.69, 9.17) is 16.1 Å². The van der Waals surface area contributed by atoms with Gasteiger partial charge in [0.15, 0.2) is 5.76 Å². The van der Waals surface area contributed by atoms with E-state index in [1.165, 1.54) is 12.3 Å². The summed E-state index contributed by atoms with van der Waals surface area (Å²) in [4.78, 5) is 0.166. The first-order valence-electron chi connectivity index (χ1n) is 6.27. The second-order valence-corrected chi connectivity index (χ2v) is 6.69. The van der Waals surface area contributed by atoms with E-state index < -0.39 is 10.0 Å². The van der Waals surface area contributed by atoms with Crippen LogP contribution in [0, 0.1) is 6.92 Å². The van der Waals surface area contributed by atoms with Crippen LogP contribution in [0.5, 0.6) is 0 Å². The van der Waals surface area contributed by atoms with Gasteiger partial charge in [0, 0.05) is 17.6 Å². The summed E-state index contributed by atoms with van der Waals surface area (Å²) in [5.41, 5.74) is 1.50. The Bertz CT molecular complexity index is 715. The van der Waals surface area contributed by atoms with Crippen molar-refractivity contribution in [2.24, 2.45) is 0 Å². The maximum Gasteiger partial charge on any atom is 0.241 e. The Morgan fingerprint density at radius 2 is 2.10 bits per heavy atom. The summed E-state index contributed by atoms with van der Waals surface area (Å²) in [6, 6.07) is 4.79. The molecule has 2 rings (SSSR count). The largest absolute Gasteiger partial charge is 0.360 e. The lowest BCUT2D eigenvalue weighted by Crippen LogP contribution is -2.24. The third kappa shape index (κ3) is 3.82. The summed E-state index contributed by atoms with van der Waals surface area (Å²) >= 11 is 6.01. The van der Waals surface area contributed by atoms with Crippen molar-refractivity contribution in [3.05, 3.63) is 46.3 Å². The van der Waals surface area contributed by atoms with E-state index in [0.717, 1.165) is 5.56 Å². The molecule has 0 unspecified atom stereocenters. The van der Waals surface area contributed by atoms with Crippen molar-refractivity contribution < 1.29 is 12.9 Å². The zero-order chi connectivity index (χ0) is 15.5. The number of aromatic nitrogens is 1. The number of hydrogen-bond donors (Lipinski definition) is 2. The van der Waals surface area contributed by atoms with E-state index in [1.54, 1.807) is 26.1 Å². The Balaban J connectivity index is 2.30. The number of nitrogens with zero attached hydrogens (tertiary/aromatic N) is 1. The zero-order valence-electron chi connectivity index (χ0n) is 11.7. The minimum absolute atomic E-state index is 0.0373. The van der Waals surface area contributed by atoms with Crippen molar-refractivity contribution in [1.29, 1.82) is 0 Å². The lowest BCUT2D eigenvalue weighted by Gasteiger charge is -2.13. The highest BCUT2D eigenvalue weighted by atomic mass is 35.5. The topological polar surface area (TPSA) is 84.2 Å². The molecule has 0 aliphatic carbocycles. The van der Waals surface area contributed by atoms with Gasteiger partial charge in [0.25, 0.3) is 0 Å². The second-order valence-electron chi connectivity index (χ2n) is 4.52. The molecule has 0 bridgehead atoms. The highest BCUT2D eigenvalue weighted by Crippen LogP contribution is 2.24. The number of nitrogens with one attached hydrogen (secondary N) is 2. The molecule has 0 aliphatic heterocycles. The molecule has 0 saturated carbocycles. The van der Waals surface area contributed by atoms with Crippen LogP contribution in [0.1, 0.15) is 16.9 Å². The highest BCUT2D eigenvalue weighted by molar-refractivity contribution is 7.89. The van der Waals surface area contributed by atoms with Crippen molar-refractivity contribution in [3.8, 4) is 0 Å². The van der Waals surface area contributed by atoms with Crippen molar-refractivity contribution in [3.63, 3.8) is 0 Å². The van der Waals surface area contributed by atoms with Gasteiger partial charge in [0.05, 0.1) is 17.6 Å². The molecular weight excluding hydrogens is 314 g/mol. The predicted molar refractivity (Wildman–Crippen MR) is 79.5 cm³/mol. The first kappa shape index (κ1) is 16.0. The molecule has 0 spiro atoms. The van der Waals surface area contributed by atoms with Crippen LogP contribution in [0.15, 0.2) is 33.8 Å². The van der Waals surface area contributed by atoms with Crippen LogP contribution in [0.25, 0.3) is 0 Å². The molecule has 8 heteroatoms. The normalized spacial score (nSPS) is 11.8. The number of rotatable bonds is 6. The standard InChI is InChI=1S/C13H16ClN3O3S/c1-9-10(7-15-2)5-11(14)6-13(9)21(18,19)17-8-12-3-4-16-20-12/h3-6,15,17H,7-8H2,1-2H3. The molecule has 1 aromatic heterocycles. The summed E-state index contributed by atoms with van der Waals surface area (Å²) in [7, 11) is -1.89. The Kier molecular flexibility index (Phi) is 5.00. The van der Waals surface area contributed by atoms with Crippen molar-refractivity contribution in [2.45, 2.75) is 24.9 Å². The van der Waals surface area contributed by atoms with Crippen LogP contribution in [0.2, 0.25) is 5.02 Å². The van der Waals surface area contributed by atoms with Gasteiger partial charge in [0.2, 0.25) is 10.0 Å². The molecule has 2 aromatic rings. The summed E-state index contributed by atoms with van der Waals surface area (Å²) in [5.74, 6) is 0.439. The van der Waals surface area contributed by atoms with E-state index in [1.807, 2.05) is 0 Å². The fourth-order valence-electron chi connectivity index (χ4n) is 1.94. The lowest BCUT2D eigenvalue weighted by atomic mass is 10.1. The molecule has 0 aliphatic rings. The maximum absolute atomic E-state index is 12.4. The average molecular weight is 330 g/mol. The van der Waals surface area contributed by atoms with Gasteiger partial charge >= 0.3 is 0 Å². The van der Waals surface area contributed by atoms with Gasteiger partial charge in [-0.25, -0.2) is 13.1 Å². The molecule has 0 atom stereocenters. The maximum atomic E-state index is 12.4. The van der Waals surface area contributed by atoms with Crippen LogP contribution in [0.3, 0.4) is 0 Å². The monoisotopic (exact) mass is 329 g/mol. The SMILES string of the molecule is CNCc1cc(Cl)cc(S(=O)(=O)NCc2ccno2)c1C. The lowest BCUT2D eigenvalue weighted by molar-refractivity contribution is 0.380. The van der Waals surface area contributed by atoms with E-state index in [-0.39, 0.29) is 11.4 Å². The fourth-order valence-corrected chi connectivity index (χ4v) is 3.55. The van der Waals surface area contributed by atoms with Gasteiger partial charge in [-0.15, -0.1) is 0 Å². The van der Waals surface area contributed by atoms with Gasteiger partial charge < -0.3 is 9.84 Å². The molecule has 21 heavy (non-hydrogen) atoms. The Morgan fingerprint density at radius 1 is 1.33 bits per heavy atom. The van der Waals surface area contributed by atoms with Gasteiger partial charge in [0.1, 0.15) is 0 Å². The summed E-state index contributed by atoms with van der Waals surface area (Å²) in [6.45, 7) is 2.33. The van der Waals surface area contributed by atoms with E-state index in [0.29, 0.717) is 22.9 Å². The highest BCUT2D eigenvalue weighted by Gasteiger charge is 2.20. The molecule has 1 heterocycles. The molecule has 6 nitrogen and oxygen atoms in total.